The predicted octanol–water partition coefficient (Wildman–Crippen LogP) is 3.30. The van der Waals surface area contributed by atoms with Crippen LogP contribution in [0.1, 0.15) is 44.7 Å². The van der Waals surface area contributed by atoms with E-state index in [0.717, 1.165) is 49.9 Å². The normalized spacial score (nSPS) is 20.6. The van der Waals surface area contributed by atoms with E-state index in [1.54, 1.807) is 0 Å². The quantitative estimate of drug-likeness (QED) is 0.723. The molecule has 5 nitrogen and oxygen atoms in total. The summed E-state index contributed by atoms with van der Waals surface area (Å²) in [5, 5.41) is 0. The minimum atomic E-state index is -0.000840. The zero-order valence-corrected chi connectivity index (χ0v) is 16.1. The third-order valence-corrected chi connectivity index (χ3v) is 5.71. The Morgan fingerprint density at radius 1 is 1.18 bits per heavy atom. The van der Waals surface area contributed by atoms with E-state index >= 15 is 0 Å². The van der Waals surface area contributed by atoms with E-state index in [9.17, 15) is 9.59 Å². The lowest BCUT2D eigenvalue weighted by Crippen LogP contribution is -2.37. The smallest absolute Gasteiger partial charge is 0.253 e. The van der Waals surface area contributed by atoms with Crippen molar-refractivity contribution < 1.29 is 19.1 Å². The molecule has 1 heterocycles. The number of hydrogen-bond acceptors (Lipinski definition) is 4. The van der Waals surface area contributed by atoms with Crippen LogP contribution in [0.2, 0.25) is 0 Å². The molecule has 146 valence electrons. The Hall–Kier alpha value is -2.66. The Balaban J connectivity index is 1.36. The molecular formula is C23H25NO4. The molecule has 28 heavy (non-hydrogen) atoms. The van der Waals surface area contributed by atoms with Crippen LogP contribution < -0.4 is 4.74 Å². The molecule has 5 heteroatoms. The van der Waals surface area contributed by atoms with Crippen LogP contribution in [0.15, 0.2) is 42.5 Å². The van der Waals surface area contributed by atoms with Gasteiger partial charge in [-0.25, -0.2) is 0 Å². The highest BCUT2D eigenvalue weighted by molar-refractivity contribution is 5.94. The topological polar surface area (TPSA) is 55.8 Å². The van der Waals surface area contributed by atoms with Crippen LogP contribution in [0.3, 0.4) is 0 Å². The van der Waals surface area contributed by atoms with Crippen molar-refractivity contribution in [3.63, 3.8) is 0 Å². The lowest BCUT2D eigenvalue weighted by Gasteiger charge is -2.24. The lowest BCUT2D eigenvalue weighted by atomic mass is 10.1. The van der Waals surface area contributed by atoms with Crippen molar-refractivity contribution in [2.75, 3.05) is 20.3 Å². The van der Waals surface area contributed by atoms with Gasteiger partial charge < -0.3 is 14.4 Å². The third-order valence-electron chi connectivity index (χ3n) is 5.71. The number of ether oxygens (including phenoxy) is 2. The van der Waals surface area contributed by atoms with E-state index in [0.29, 0.717) is 17.7 Å². The van der Waals surface area contributed by atoms with Gasteiger partial charge in [0, 0.05) is 30.8 Å². The molecule has 2 aromatic carbocycles. The van der Waals surface area contributed by atoms with Gasteiger partial charge in [-0.3, -0.25) is 9.59 Å². The first kappa shape index (κ1) is 18.7. The molecule has 2 aliphatic rings. The van der Waals surface area contributed by atoms with Crippen molar-refractivity contribution in [2.24, 2.45) is 0 Å². The summed E-state index contributed by atoms with van der Waals surface area (Å²) >= 11 is 0. The van der Waals surface area contributed by atoms with Gasteiger partial charge in [0.1, 0.15) is 18.6 Å². The Bertz CT molecular complexity index is 855. The molecule has 0 saturated carbocycles. The maximum Gasteiger partial charge on any atom is 0.253 e. The second-order valence-corrected chi connectivity index (χ2v) is 7.59. The standard InChI is InChI=1S/C23H25NO4/c1-24(20-12-18-5-4-16(14-25)11-19(18)13-20)23(26)17-6-8-21(9-7-17)28-15-22-3-2-10-27-22/h4-9,11,14,20,22H,2-3,10,12-13,15H2,1H3/t20-,22+/m1/s1. The third kappa shape index (κ3) is 3.94. The number of aldehydes is 1. The van der Waals surface area contributed by atoms with E-state index < -0.39 is 0 Å². The monoisotopic (exact) mass is 379 g/mol. The molecule has 0 aromatic heterocycles. The van der Waals surface area contributed by atoms with Gasteiger partial charge in [0.25, 0.3) is 5.91 Å². The van der Waals surface area contributed by atoms with Gasteiger partial charge in [-0.2, -0.15) is 0 Å². The Morgan fingerprint density at radius 2 is 1.96 bits per heavy atom. The zero-order valence-electron chi connectivity index (χ0n) is 16.1. The molecule has 0 spiro atoms. The Kier molecular flexibility index (Phi) is 5.44. The summed E-state index contributed by atoms with van der Waals surface area (Å²) in [5.41, 5.74) is 3.71. The van der Waals surface area contributed by atoms with Gasteiger partial charge in [-0.1, -0.05) is 12.1 Å². The molecule has 1 amide bonds. The number of nitrogens with zero attached hydrogens (tertiary/aromatic N) is 1. The number of hydrogen-bond donors (Lipinski definition) is 0. The largest absolute Gasteiger partial charge is 0.491 e. The van der Waals surface area contributed by atoms with Gasteiger partial charge in [0.05, 0.1) is 6.10 Å². The molecule has 1 aliphatic heterocycles. The molecule has 1 fully saturated rings. The van der Waals surface area contributed by atoms with Crippen molar-refractivity contribution in [3.8, 4) is 5.75 Å². The molecule has 1 aliphatic carbocycles. The highest BCUT2D eigenvalue weighted by atomic mass is 16.5. The fourth-order valence-electron chi connectivity index (χ4n) is 3.99. The second-order valence-electron chi connectivity index (χ2n) is 7.59. The average molecular weight is 379 g/mol. The minimum Gasteiger partial charge on any atom is -0.491 e. The maximum atomic E-state index is 12.9. The van der Waals surface area contributed by atoms with Crippen LogP contribution >= 0.6 is 0 Å². The van der Waals surface area contributed by atoms with Gasteiger partial charge in [0.15, 0.2) is 0 Å². The van der Waals surface area contributed by atoms with Crippen molar-refractivity contribution in [1.82, 2.24) is 4.90 Å². The number of carbonyl (C=O) groups is 2. The molecule has 2 atom stereocenters. The first-order valence-electron chi connectivity index (χ1n) is 9.82. The number of amides is 1. The number of likely N-dealkylation sites (N-methyl/N-ethyl adjacent to an activating group) is 1. The molecule has 0 unspecified atom stereocenters. The number of fused-ring (bicyclic) bond motifs is 1. The second kappa shape index (κ2) is 8.15. The molecule has 0 radical (unpaired) electrons. The van der Waals surface area contributed by atoms with Gasteiger partial charge in [-0.15, -0.1) is 0 Å². The molecule has 0 N–H and O–H groups in total. The van der Waals surface area contributed by atoms with E-state index in [1.807, 2.05) is 54.4 Å². The molecule has 2 aromatic rings. The lowest BCUT2D eigenvalue weighted by molar-refractivity contribution is 0.0678. The summed E-state index contributed by atoms with van der Waals surface area (Å²) in [6.07, 6.45) is 4.78. The number of benzene rings is 2. The summed E-state index contributed by atoms with van der Waals surface area (Å²) < 4.78 is 11.3. The van der Waals surface area contributed by atoms with Gasteiger partial charge in [-0.05, 0) is 67.1 Å². The number of carbonyl (C=O) groups excluding carboxylic acids is 2. The van der Waals surface area contributed by atoms with E-state index in [2.05, 4.69) is 0 Å². The van der Waals surface area contributed by atoms with Crippen LogP contribution in [0.4, 0.5) is 0 Å². The fourth-order valence-corrected chi connectivity index (χ4v) is 3.99. The van der Waals surface area contributed by atoms with Gasteiger partial charge in [0.2, 0.25) is 0 Å². The van der Waals surface area contributed by atoms with E-state index in [1.165, 1.54) is 5.56 Å². The highest BCUT2D eigenvalue weighted by Crippen LogP contribution is 2.27. The molecule has 4 rings (SSSR count). The zero-order chi connectivity index (χ0) is 19.5. The fraction of sp³-hybridized carbons (Fsp3) is 0.391. The van der Waals surface area contributed by atoms with Crippen molar-refractivity contribution in [2.45, 2.75) is 37.8 Å². The molecule has 1 saturated heterocycles. The Morgan fingerprint density at radius 3 is 2.68 bits per heavy atom. The first-order chi connectivity index (χ1) is 13.6. The highest BCUT2D eigenvalue weighted by Gasteiger charge is 2.28. The van der Waals surface area contributed by atoms with Crippen molar-refractivity contribution >= 4 is 12.2 Å². The van der Waals surface area contributed by atoms with Crippen LogP contribution in [-0.4, -0.2) is 49.5 Å². The van der Waals surface area contributed by atoms with E-state index in [4.69, 9.17) is 9.47 Å². The van der Waals surface area contributed by atoms with Gasteiger partial charge >= 0.3 is 0 Å². The van der Waals surface area contributed by atoms with Crippen molar-refractivity contribution in [3.05, 3.63) is 64.7 Å². The van der Waals surface area contributed by atoms with Crippen molar-refractivity contribution in [1.29, 1.82) is 0 Å². The van der Waals surface area contributed by atoms with Crippen LogP contribution in [0, 0.1) is 0 Å². The average Bonchev–Trinajstić information content (AvgIpc) is 3.40. The molecule has 0 bridgehead atoms. The number of rotatable bonds is 6. The summed E-state index contributed by atoms with van der Waals surface area (Å²) in [6.45, 7) is 1.37. The predicted molar refractivity (Wildman–Crippen MR) is 106 cm³/mol. The maximum absolute atomic E-state index is 12.9. The summed E-state index contributed by atoms with van der Waals surface area (Å²) in [6, 6.07) is 13.2. The van der Waals surface area contributed by atoms with Crippen LogP contribution in [0.25, 0.3) is 0 Å². The van der Waals surface area contributed by atoms with Crippen LogP contribution in [-0.2, 0) is 17.6 Å². The summed E-state index contributed by atoms with van der Waals surface area (Å²) in [4.78, 5) is 25.7. The van der Waals surface area contributed by atoms with Crippen LogP contribution in [0.5, 0.6) is 5.75 Å². The minimum absolute atomic E-state index is 0.000840. The summed E-state index contributed by atoms with van der Waals surface area (Å²) in [7, 11) is 1.85. The first-order valence-corrected chi connectivity index (χ1v) is 9.82. The molecular weight excluding hydrogens is 354 g/mol. The SMILES string of the molecule is CN(C(=O)c1ccc(OC[C@@H]2CCCO2)cc1)[C@@H]1Cc2ccc(C=O)cc2C1. The Labute approximate surface area is 165 Å². The van der Waals surface area contributed by atoms with E-state index in [-0.39, 0.29) is 18.1 Å². The summed E-state index contributed by atoms with van der Waals surface area (Å²) in [5.74, 6) is 0.753.